The zero-order valence-electron chi connectivity index (χ0n) is 11.6. The predicted octanol–water partition coefficient (Wildman–Crippen LogP) is 4.06. The highest BCUT2D eigenvalue weighted by Crippen LogP contribution is 2.26. The Morgan fingerprint density at radius 1 is 1.23 bits per heavy atom. The summed E-state index contributed by atoms with van der Waals surface area (Å²) in [5.41, 5.74) is 2.47. The third kappa shape index (κ3) is 2.71. The molecule has 0 amide bonds. The highest BCUT2D eigenvalue weighted by atomic mass is 35.5. The molecule has 6 heteroatoms. The zero-order chi connectivity index (χ0) is 15.7. The molecule has 0 spiro atoms. The van der Waals surface area contributed by atoms with E-state index in [4.69, 9.17) is 21.2 Å². The molecule has 0 bridgehead atoms. The second-order valence-corrected chi connectivity index (χ2v) is 5.20. The Morgan fingerprint density at radius 3 is 2.77 bits per heavy atom. The van der Waals surface area contributed by atoms with E-state index in [0.717, 1.165) is 11.1 Å². The van der Waals surface area contributed by atoms with Gasteiger partial charge in [0.05, 0.1) is 5.56 Å². The number of carboxylic acid groups (broad SMARTS) is 1. The molecule has 0 fully saturated rings. The van der Waals surface area contributed by atoms with Crippen molar-refractivity contribution in [3.05, 3.63) is 58.6 Å². The maximum absolute atomic E-state index is 11.0. The molecule has 0 aliphatic heterocycles. The molecule has 0 aliphatic carbocycles. The molecule has 3 rings (SSSR count). The lowest BCUT2D eigenvalue weighted by Crippen LogP contribution is -1.95. The maximum atomic E-state index is 11.0. The average Bonchev–Trinajstić information content (AvgIpc) is 2.97. The van der Waals surface area contributed by atoms with Crippen molar-refractivity contribution in [3.63, 3.8) is 0 Å². The van der Waals surface area contributed by atoms with Crippen LogP contribution in [-0.4, -0.2) is 21.2 Å². The summed E-state index contributed by atoms with van der Waals surface area (Å²) >= 11 is 5.93. The van der Waals surface area contributed by atoms with Crippen LogP contribution in [0.25, 0.3) is 22.8 Å². The summed E-state index contributed by atoms with van der Waals surface area (Å²) in [6, 6.07) is 11.7. The van der Waals surface area contributed by atoms with Crippen molar-refractivity contribution < 1.29 is 14.4 Å². The second kappa shape index (κ2) is 5.61. The first-order valence-corrected chi connectivity index (χ1v) is 6.86. The van der Waals surface area contributed by atoms with Crippen LogP contribution in [0.2, 0.25) is 5.02 Å². The lowest BCUT2D eigenvalue weighted by Gasteiger charge is -2.00. The van der Waals surface area contributed by atoms with Gasteiger partial charge in [-0.05, 0) is 48.9 Å². The number of hydrogen-bond donors (Lipinski definition) is 1. The summed E-state index contributed by atoms with van der Waals surface area (Å²) in [6.07, 6.45) is 0. The van der Waals surface area contributed by atoms with Gasteiger partial charge in [0.2, 0.25) is 5.82 Å². The van der Waals surface area contributed by atoms with Gasteiger partial charge < -0.3 is 9.63 Å². The highest BCUT2D eigenvalue weighted by Gasteiger charge is 2.14. The van der Waals surface area contributed by atoms with E-state index >= 15 is 0 Å². The first-order chi connectivity index (χ1) is 10.5. The average molecular weight is 315 g/mol. The van der Waals surface area contributed by atoms with Gasteiger partial charge >= 0.3 is 5.97 Å². The number of hydrogen-bond acceptors (Lipinski definition) is 4. The minimum atomic E-state index is -1.00. The molecule has 0 atom stereocenters. The van der Waals surface area contributed by atoms with E-state index in [1.807, 2.05) is 19.1 Å². The molecule has 22 heavy (non-hydrogen) atoms. The van der Waals surface area contributed by atoms with Crippen molar-refractivity contribution in [1.82, 2.24) is 10.1 Å². The number of nitrogens with zero attached hydrogens (tertiary/aromatic N) is 2. The summed E-state index contributed by atoms with van der Waals surface area (Å²) < 4.78 is 5.24. The van der Waals surface area contributed by atoms with Gasteiger partial charge in [0.1, 0.15) is 0 Å². The molecular weight excluding hydrogens is 304 g/mol. The van der Waals surface area contributed by atoms with Crippen LogP contribution in [0.3, 0.4) is 0 Å². The molecule has 0 saturated carbocycles. The Hall–Kier alpha value is -2.66. The van der Waals surface area contributed by atoms with Crippen molar-refractivity contribution in [2.24, 2.45) is 0 Å². The predicted molar refractivity (Wildman–Crippen MR) is 81.9 cm³/mol. The van der Waals surface area contributed by atoms with Crippen molar-refractivity contribution in [2.75, 3.05) is 0 Å². The van der Waals surface area contributed by atoms with E-state index in [9.17, 15) is 4.79 Å². The monoisotopic (exact) mass is 314 g/mol. The van der Waals surface area contributed by atoms with E-state index < -0.39 is 5.97 Å². The van der Waals surface area contributed by atoms with Gasteiger partial charge in [-0.2, -0.15) is 4.98 Å². The van der Waals surface area contributed by atoms with Crippen LogP contribution >= 0.6 is 11.6 Å². The molecule has 0 saturated heterocycles. The number of benzene rings is 2. The summed E-state index contributed by atoms with van der Waals surface area (Å²) in [5.74, 6) is -0.299. The van der Waals surface area contributed by atoms with Crippen molar-refractivity contribution >= 4 is 17.6 Å². The van der Waals surface area contributed by atoms with Gasteiger partial charge in [-0.15, -0.1) is 0 Å². The number of aryl methyl sites for hydroxylation is 1. The quantitative estimate of drug-likeness (QED) is 0.788. The summed E-state index contributed by atoms with van der Waals surface area (Å²) in [6.45, 7) is 1.91. The van der Waals surface area contributed by atoms with Crippen molar-refractivity contribution in [1.29, 1.82) is 0 Å². The zero-order valence-corrected chi connectivity index (χ0v) is 12.3. The summed E-state index contributed by atoms with van der Waals surface area (Å²) in [5, 5.41) is 13.6. The van der Waals surface area contributed by atoms with Gasteiger partial charge in [0, 0.05) is 16.1 Å². The molecule has 1 aromatic heterocycles. The second-order valence-electron chi connectivity index (χ2n) is 4.77. The first-order valence-electron chi connectivity index (χ1n) is 6.48. The first kappa shape index (κ1) is 14.3. The molecule has 5 nitrogen and oxygen atoms in total. The fourth-order valence-corrected chi connectivity index (χ4v) is 2.34. The molecule has 0 unspecified atom stereocenters. The largest absolute Gasteiger partial charge is 0.478 e. The molecule has 3 aromatic rings. The molecule has 0 radical (unpaired) electrons. The Balaban J connectivity index is 2.00. The minimum Gasteiger partial charge on any atom is -0.478 e. The minimum absolute atomic E-state index is 0.167. The third-order valence-electron chi connectivity index (χ3n) is 3.21. The van der Waals surface area contributed by atoms with E-state index in [0.29, 0.717) is 16.4 Å². The number of aromatic carboxylic acids is 1. The maximum Gasteiger partial charge on any atom is 0.335 e. The van der Waals surface area contributed by atoms with Crippen LogP contribution in [-0.2, 0) is 0 Å². The molecular formula is C16H11ClN2O3. The topological polar surface area (TPSA) is 76.2 Å². The normalized spacial score (nSPS) is 10.6. The molecule has 1 N–H and O–H groups in total. The van der Waals surface area contributed by atoms with E-state index in [1.165, 1.54) is 12.1 Å². The summed E-state index contributed by atoms with van der Waals surface area (Å²) in [7, 11) is 0. The molecule has 0 aliphatic rings. The number of halogens is 1. The van der Waals surface area contributed by atoms with Crippen LogP contribution < -0.4 is 0 Å². The van der Waals surface area contributed by atoms with Crippen molar-refractivity contribution in [3.8, 4) is 22.8 Å². The number of carboxylic acids is 1. The number of aromatic nitrogens is 2. The van der Waals surface area contributed by atoms with E-state index in [1.54, 1.807) is 18.2 Å². The molecule has 1 heterocycles. The smallest absolute Gasteiger partial charge is 0.335 e. The third-order valence-corrected chi connectivity index (χ3v) is 3.45. The number of rotatable bonds is 3. The fourth-order valence-electron chi connectivity index (χ4n) is 2.11. The van der Waals surface area contributed by atoms with Gasteiger partial charge in [-0.25, -0.2) is 4.79 Å². The number of carbonyl (C=O) groups is 1. The van der Waals surface area contributed by atoms with Gasteiger partial charge in [0.15, 0.2) is 0 Å². The SMILES string of the molecule is Cc1cc(Cl)ccc1-c1noc(-c2cccc(C(=O)O)c2)n1. The highest BCUT2D eigenvalue weighted by molar-refractivity contribution is 6.30. The summed E-state index contributed by atoms with van der Waals surface area (Å²) in [4.78, 5) is 15.3. The Morgan fingerprint density at radius 2 is 2.05 bits per heavy atom. The Bertz CT molecular complexity index is 858. The van der Waals surface area contributed by atoms with Crippen LogP contribution in [0.1, 0.15) is 15.9 Å². The molecule has 2 aromatic carbocycles. The molecule has 110 valence electrons. The standard InChI is InChI=1S/C16H11ClN2O3/c1-9-7-12(17)5-6-13(9)14-18-15(22-19-14)10-3-2-4-11(8-10)16(20)21/h2-8H,1H3,(H,20,21). The lowest BCUT2D eigenvalue weighted by molar-refractivity contribution is 0.0697. The van der Waals surface area contributed by atoms with E-state index in [-0.39, 0.29) is 11.5 Å². The van der Waals surface area contributed by atoms with Gasteiger partial charge in [0.25, 0.3) is 5.89 Å². The fraction of sp³-hybridized carbons (Fsp3) is 0.0625. The lowest BCUT2D eigenvalue weighted by atomic mass is 10.1. The van der Waals surface area contributed by atoms with Crippen LogP contribution in [0.15, 0.2) is 47.0 Å². The van der Waals surface area contributed by atoms with Crippen LogP contribution in [0.5, 0.6) is 0 Å². The van der Waals surface area contributed by atoms with Crippen LogP contribution in [0, 0.1) is 6.92 Å². The van der Waals surface area contributed by atoms with Gasteiger partial charge in [-0.1, -0.05) is 22.8 Å². The Kier molecular flexibility index (Phi) is 3.65. The Labute approximate surface area is 131 Å². The van der Waals surface area contributed by atoms with Crippen LogP contribution in [0.4, 0.5) is 0 Å². The van der Waals surface area contributed by atoms with Crippen molar-refractivity contribution in [2.45, 2.75) is 6.92 Å². The van der Waals surface area contributed by atoms with E-state index in [2.05, 4.69) is 10.1 Å². The van der Waals surface area contributed by atoms with Gasteiger partial charge in [-0.3, -0.25) is 0 Å².